The lowest BCUT2D eigenvalue weighted by atomic mass is 10.1. The van der Waals surface area contributed by atoms with Gasteiger partial charge in [0.15, 0.2) is 5.78 Å². The van der Waals surface area contributed by atoms with Crippen molar-refractivity contribution in [2.75, 3.05) is 18.0 Å². The monoisotopic (exact) mass is 347 g/mol. The number of hydrogen-bond acceptors (Lipinski definition) is 3. The smallest absolute Gasteiger partial charge is 0.311 e. The van der Waals surface area contributed by atoms with E-state index in [0.717, 1.165) is 18.8 Å². The average Bonchev–Trinajstić information content (AvgIpc) is 2.60. The van der Waals surface area contributed by atoms with E-state index in [1.807, 2.05) is 12.1 Å². The fourth-order valence-corrected chi connectivity index (χ4v) is 2.93. The molecule has 0 aromatic heterocycles. The second kappa shape index (κ2) is 12.5. The first-order valence-electron chi connectivity index (χ1n) is 9.68. The number of aliphatic carboxylic acids is 1. The number of carbonyl (C=O) groups is 2. The Morgan fingerprint density at radius 1 is 0.840 bits per heavy atom. The number of nitrogens with zero attached hydrogens (tertiary/aromatic N) is 1. The predicted octanol–water partition coefficient (Wildman–Crippen LogP) is 5.31. The second-order valence-corrected chi connectivity index (χ2v) is 6.65. The number of anilines is 1. The number of carboxylic acid groups (broad SMARTS) is 1. The molecule has 140 valence electrons. The number of hydrogen-bond donors (Lipinski definition) is 1. The van der Waals surface area contributed by atoms with Crippen LogP contribution in [-0.4, -0.2) is 29.9 Å². The van der Waals surface area contributed by atoms with E-state index in [1.54, 1.807) is 12.1 Å². The summed E-state index contributed by atoms with van der Waals surface area (Å²) in [4.78, 5) is 24.9. The Morgan fingerprint density at radius 3 is 1.80 bits per heavy atom. The van der Waals surface area contributed by atoms with Crippen molar-refractivity contribution in [1.29, 1.82) is 0 Å². The molecule has 4 nitrogen and oxygen atoms in total. The van der Waals surface area contributed by atoms with Gasteiger partial charge in [0, 0.05) is 24.3 Å². The molecule has 0 saturated heterocycles. The number of ketones is 1. The zero-order chi connectivity index (χ0) is 18.5. The summed E-state index contributed by atoms with van der Waals surface area (Å²) < 4.78 is 0. The number of unbranched alkanes of at least 4 members (excludes halogenated alkanes) is 6. The molecule has 0 amide bonds. The van der Waals surface area contributed by atoms with Gasteiger partial charge in [-0.3, -0.25) is 9.59 Å². The number of rotatable bonds is 14. The van der Waals surface area contributed by atoms with E-state index in [2.05, 4.69) is 18.7 Å². The molecule has 1 N–H and O–H groups in total. The first-order chi connectivity index (χ1) is 12.1. The third kappa shape index (κ3) is 8.71. The van der Waals surface area contributed by atoms with Gasteiger partial charge in [0.1, 0.15) is 6.42 Å². The highest BCUT2D eigenvalue weighted by Gasteiger charge is 2.12. The molecule has 0 bridgehead atoms. The molecule has 1 aromatic rings. The molecule has 0 aliphatic heterocycles. The van der Waals surface area contributed by atoms with E-state index in [9.17, 15) is 9.59 Å². The summed E-state index contributed by atoms with van der Waals surface area (Å²) in [5.74, 6) is -1.42. The Labute approximate surface area is 152 Å². The summed E-state index contributed by atoms with van der Waals surface area (Å²) in [6.45, 7) is 6.51. The van der Waals surface area contributed by atoms with Crippen molar-refractivity contribution in [2.24, 2.45) is 0 Å². The molecule has 0 fully saturated rings. The van der Waals surface area contributed by atoms with Gasteiger partial charge in [-0.25, -0.2) is 0 Å². The van der Waals surface area contributed by atoms with Crippen LogP contribution >= 0.6 is 0 Å². The first kappa shape index (κ1) is 21.2. The SMILES string of the molecule is CCCCCCN(CCCCCC)c1ccc(C(=O)CC(=O)O)cc1. The van der Waals surface area contributed by atoms with Gasteiger partial charge in [0.25, 0.3) is 0 Å². The topological polar surface area (TPSA) is 57.6 Å². The molecule has 0 heterocycles. The van der Waals surface area contributed by atoms with Gasteiger partial charge >= 0.3 is 5.97 Å². The molecule has 0 unspecified atom stereocenters. The summed E-state index contributed by atoms with van der Waals surface area (Å²) in [5, 5.41) is 8.74. The number of Topliss-reactive ketones (excluding diaryl/α,β-unsaturated/α-hetero) is 1. The third-order valence-corrected chi connectivity index (χ3v) is 4.43. The highest BCUT2D eigenvalue weighted by Crippen LogP contribution is 2.18. The summed E-state index contributed by atoms with van der Waals surface area (Å²) in [5.41, 5.74) is 1.60. The maximum Gasteiger partial charge on any atom is 0.311 e. The molecule has 0 saturated carbocycles. The van der Waals surface area contributed by atoms with Crippen LogP contribution in [0, 0.1) is 0 Å². The molecule has 0 radical (unpaired) electrons. The van der Waals surface area contributed by atoms with Crippen LogP contribution in [0.2, 0.25) is 0 Å². The molecular formula is C21H33NO3. The standard InChI is InChI=1S/C21H33NO3/c1-3-5-7-9-15-22(16-10-8-6-4-2)19-13-11-18(12-14-19)20(23)17-21(24)25/h11-14H,3-10,15-17H2,1-2H3,(H,24,25). The van der Waals surface area contributed by atoms with Crippen LogP contribution in [-0.2, 0) is 4.79 Å². The predicted molar refractivity (Wildman–Crippen MR) is 104 cm³/mol. The Balaban J connectivity index is 2.67. The Bertz CT molecular complexity index is 498. The lowest BCUT2D eigenvalue weighted by molar-refractivity contribution is -0.135. The highest BCUT2D eigenvalue weighted by atomic mass is 16.4. The maximum absolute atomic E-state index is 11.8. The first-order valence-corrected chi connectivity index (χ1v) is 9.68. The van der Waals surface area contributed by atoms with Crippen molar-refractivity contribution >= 4 is 17.4 Å². The van der Waals surface area contributed by atoms with Crippen LogP contribution in [0.3, 0.4) is 0 Å². The summed E-state index contributed by atoms with van der Waals surface area (Å²) >= 11 is 0. The zero-order valence-electron chi connectivity index (χ0n) is 15.8. The minimum atomic E-state index is -1.08. The van der Waals surface area contributed by atoms with E-state index < -0.39 is 12.4 Å². The minimum Gasteiger partial charge on any atom is -0.481 e. The van der Waals surface area contributed by atoms with Crippen molar-refractivity contribution in [3.8, 4) is 0 Å². The Kier molecular flexibility index (Phi) is 10.6. The molecule has 0 aliphatic rings. The van der Waals surface area contributed by atoms with Crippen molar-refractivity contribution in [3.05, 3.63) is 29.8 Å². The zero-order valence-corrected chi connectivity index (χ0v) is 15.8. The Hall–Kier alpha value is -1.84. The number of carboxylic acids is 1. The second-order valence-electron chi connectivity index (χ2n) is 6.65. The summed E-state index contributed by atoms with van der Waals surface area (Å²) in [6, 6.07) is 7.42. The minimum absolute atomic E-state index is 0.337. The molecule has 0 aliphatic carbocycles. The fourth-order valence-electron chi connectivity index (χ4n) is 2.93. The van der Waals surface area contributed by atoms with Crippen LogP contribution in [0.5, 0.6) is 0 Å². The van der Waals surface area contributed by atoms with Gasteiger partial charge in [-0.2, -0.15) is 0 Å². The van der Waals surface area contributed by atoms with Crippen LogP contribution in [0.4, 0.5) is 5.69 Å². The van der Waals surface area contributed by atoms with Gasteiger partial charge in [0.05, 0.1) is 0 Å². The fraction of sp³-hybridized carbons (Fsp3) is 0.619. The number of carbonyl (C=O) groups excluding carboxylic acids is 1. The third-order valence-electron chi connectivity index (χ3n) is 4.43. The van der Waals surface area contributed by atoms with Gasteiger partial charge in [0.2, 0.25) is 0 Å². The van der Waals surface area contributed by atoms with Crippen molar-refractivity contribution < 1.29 is 14.7 Å². The quantitative estimate of drug-likeness (QED) is 0.281. The van der Waals surface area contributed by atoms with Gasteiger partial charge in [-0.1, -0.05) is 52.4 Å². The lowest BCUT2D eigenvalue weighted by Crippen LogP contribution is -2.25. The molecule has 25 heavy (non-hydrogen) atoms. The van der Waals surface area contributed by atoms with Gasteiger partial charge in [-0.05, 0) is 37.1 Å². The molecule has 1 rings (SSSR count). The summed E-state index contributed by atoms with van der Waals surface area (Å²) in [7, 11) is 0. The molecular weight excluding hydrogens is 314 g/mol. The molecule has 0 atom stereocenters. The summed E-state index contributed by atoms with van der Waals surface area (Å²) in [6.07, 6.45) is 9.42. The molecule has 4 heteroatoms. The van der Waals surface area contributed by atoms with Crippen LogP contribution in [0.1, 0.15) is 82.0 Å². The van der Waals surface area contributed by atoms with Crippen LogP contribution in [0.15, 0.2) is 24.3 Å². The average molecular weight is 347 g/mol. The van der Waals surface area contributed by atoms with E-state index in [0.29, 0.717) is 5.56 Å². The molecule has 1 aromatic carbocycles. The lowest BCUT2D eigenvalue weighted by Gasteiger charge is -2.25. The van der Waals surface area contributed by atoms with Gasteiger partial charge < -0.3 is 10.0 Å². The largest absolute Gasteiger partial charge is 0.481 e. The Morgan fingerprint density at radius 2 is 1.36 bits per heavy atom. The number of benzene rings is 1. The van der Waals surface area contributed by atoms with Crippen molar-refractivity contribution in [2.45, 2.75) is 71.6 Å². The van der Waals surface area contributed by atoms with E-state index in [1.165, 1.54) is 51.4 Å². The van der Waals surface area contributed by atoms with Gasteiger partial charge in [-0.15, -0.1) is 0 Å². The normalized spacial score (nSPS) is 10.6. The highest BCUT2D eigenvalue weighted by molar-refractivity contribution is 6.05. The van der Waals surface area contributed by atoms with Crippen molar-refractivity contribution in [3.63, 3.8) is 0 Å². The van der Waals surface area contributed by atoms with Crippen LogP contribution in [0.25, 0.3) is 0 Å². The maximum atomic E-state index is 11.8. The van der Waals surface area contributed by atoms with E-state index in [4.69, 9.17) is 5.11 Å². The van der Waals surface area contributed by atoms with Crippen LogP contribution < -0.4 is 4.90 Å². The van der Waals surface area contributed by atoms with E-state index in [-0.39, 0.29) is 5.78 Å². The van der Waals surface area contributed by atoms with Crippen molar-refractivity contribution in [1.82, 2.24) is 0 Å². The van der Waals surface area contributed by atoms with E-state index >= 15 is 0 Å². The molecule has 0 spiro atoms.